The maximum atomic E-state index is 12.8. The lowest BCUT2D eigenvalue weighted by molar-refractivity contribution is -0.147. The number of primary sulfonamides is 1. The first-order chi connectivity index (χ1) is 19.6. The molecule has 1 heterocycles. The monoisotopic (exact) mass is 596 g/mol. The molecule has 4 rings (SSSR count). The number of amidine groups is 1. The zero-order chi connectivity index (χ0) is 30.9. The number of benzene rings is 3. The smallest absolute Gasteiger partial charge is 0.326 e. The third-order valence-electron chi connectivity index (χ3n) is 6.18. The van der Waals surface area contributed by atoms with E-state index in [1.54, 1.807) is 18.2 Å². The second-order valence-corrected chi connectivity index (χ2v) is 10.8. The first kappa shape index (κ1) is 29.5. The summed E-state index contributed by atoms with van der Waals surface area (Å²) in [6.45, 7) is 0. The van der Waals surface area contributed by atoms with Gasteiger partial charge in [0.05, 0.1) is 34.3 Å². The van der Waals surface area contributed by atoms with Crippen molar-refractivity contribution in [2.45, 2.75) is 23.8 Å². The van der Waals surface area contributed by atoms with Crippen molar-refractivity contribution in [1.82, 2.24) is 15.3 Å². The minimum Gasteiger partial charge on any atom is -0.507 e. The van der Waals surface area contributed by atoms with E-state index in [0.717, 1.165) is 18.2 Å². The normalized spacial score (nSPS) is 12.1. The molecule has 1 aromatic heterocycles. The average molecular weight is 597 g/mol. The number of aromatic nitrogens is 2. The van der Waals surface area contributed by atoms with Gasteiger partial charge in [-0.25, -0.2) is 23.3 Å². The Labute approximate surface area is 237 Å². The molecule has 1 atom stereocenters. The Morgan fingerprint density at radius 3 is 2.31 bits per heavy atom. The van der Waals surface area contributed by atoms with Crippen LogP contribution in [-0.4, -0.2) is 68.5 Å². The molecule has 1 amide bonds. The van der Waals surface area contributed by atoms with E-state index in [4.69, 9.17) is 21.4 Å². The molecule has 0 saturated heterocycles. The van der Waals surface area contributed by atoms with Crippen LogP contribution in [0.1, 0.15) is 17.5 Å². The minimum atomic E-state index is -4.22. The van der Waals surface area contributed by atoms with Crippen LogP contribution in [0.25, 0.3) is 33.5 Å². The van der Waals surface area contributed by atoms with Gasteiger partial charge in [0.1, 0.15) is 29.2 Å². The molecule has 0 radical (unpaired) electrons. The van der Waals surface area contributed by atoms with E-state index >= 15 is 0 Å². The molecule has 0 aliphatic rings. The second-order valence-electron chi connectivity index (χ2n) is 9.23. The number of fused-ring (bicyclic) bond motifs is 1. The Morgan fingerprint density at radius 1 is 1.00 bits per heavy atom. The molecule has 16 heteroatoms. The van der Waals surface area contributed by atoms with Gasteiger partial charge in [-0.2, -0.15) is 0 Å². The van der Waals surface area contributed by atoms with Crippen LogP contribution < -0.4 is 16.2 Å². The molecular formula is C26H24N6O9S. The van der Waals surface area contributed by atoms with Crippen molar-refractivity contribution in [3.8, 4) is 34.0 Å². The summed E-state index contributed by atoms with van der Waals surface area (Å²) >= 11 is 0. The fourth-order valence-electron chi connectivity index (χ4n) is 4.20. The van der Waals surface area contributed by atoms with Crippen molar-refractivity contribution in [2.75, 3.05) is 0 Å². The number of aliphatic carboxylic acids is 2. The molecule has 0 aliphatic heterocycles. The van der Waals surface area contributed by atoms with Crippen LogP contribution in [0.15, 0.2) is 53.4 Å². The van der Waals surface area contributed by atoms with Gasteiger partial charge in [-0.05, 0) is 54.1 Å². The highest BCUT2D eigenvalue weighted by molar-refractivity contribution is 7.89. The molecule has 11 N–H and O–H groups in total. The number of hydrogen-bond donors (Lipinski definition) is 9. The maximum Gasteiger partial charge on any atom is 0.326 e. The molecule has 218 valence electrons. The number of rotatable bonds is 10. The molecule has 15 nitrogen and oxygen atoms in total. The number of carboxylic acid groups (broad SMARTS) is 2. The Hall–Kier alpha value is -5.48. The molecule has 0 spiro atoms. The number of phenols is 2. The molecule has 0 saturated carbocycles. The van der Waals surface area contributed by atoms with E-state index in [-0.39, 0.29) is 38.8 Å². The number of sulfonamides is 1. The number of amides is 1. The van der Waals surface area contributed by atoms with Crippen molar-refractivity contribution >= 4 is 44.7 Å². The maximum absolute atomic E-state index is 12.8. The quantitative estimate of drug-likeness (QED) is 0.0912. The summed E-state index contributed by atoms with van der Waals surface area (Å²) in [4.78, 5) is 42.2. The first-order valence-corrected chi connectivity index (χ1v) is 13.5. The lowest BCUT2D eigenvalue weighted by Gasteiger charge is -2.16. The molecule has 0 bridgehead atoms. The summed E-state index contributed by atoms with van der Waals surface area (Å²) in [6, 6.07) is 8.75. The van der Waals surface area contributed by atoms with Gasteiger partial charge in [0.15, 0.2) is 0 Å². The predicted molar refractivity (Wildman–Crippen MR) is 148 cm³/mol. The topological polar surface area (TPSA) is 283 Å². The third kappa shape index (κ3) is 6.29. The number of hydrogen-bond acceptors (Lipinski definition) is 9. The Balaban J connectivity index is 1.87. The number of H-pyrrole nitrogens is 1. The van der Waals surface area contributed by atoms with Crippen LogP contribution in [0.3, 0.4) is 0 Å². The second kappa shape index (κ2) is 11.2. The molecular weight excluding hydrogens is 572 g/mol. The summed E-state index contributed by atoms with van der Waals surface area (Å²) in [5.74, 6) is -4.89. The number of nitrogen functional groups attached to an aromatic ring is 1. The van der Waals surface area contributed by atoms with Crippen LogP contribution >= 0.6 is 0 Å². The number of carboxylic acids is 2. The molecule has 4 aromatic rings. The van der Waals surface area contributed by atoms with Crippen LogP contribution in [-0.2, 0) is 30.8 Å². The molecule has 42 heavy (non-hydrogen) atoms. The van der Waals surface area contributed by atoms with Gasteiger partial charge in [-0.15, -0.1) is 0 Å². The first-order valence-electron chi connectivity index (χ1n) is 11.9. The van der Waals surface area contributed by atoms with Crippen molar-refractivity contribution in [3.63, 3.8) is 0 Å². The molecule has 3 aromatic carbocycles. The van der Waals surface area contributed by atoms with Gasteiger partial charge in [-0.1, -0.05) is 0 Å². The number of nitrogens with one attached hydrogen (secondary N) is 3. The highest BCUT2D eigenvalue weighted by atomic mass is 32.2. The molecule has 0 fully saturated rings. The number of imidazole rings is 1. The number of nitrogens with two attached hydrogens (primary N) is 2. The Kier molecular flexibility index (Phi) is 7.86. The number of aromatic amines is 1. The minimum absolute atomic E-state index is 0.0107. The van der Waals surface area contributed by atoms with E-state index in [9.17, 15) is 38.1 Å². The van der Waals surface area contributed by atoms with E-state index in [0.29, 0.717) is 16.6 Å². The van der Waals surface area contributed by atoms with E-state index in [1.165, 1.54) is 12.1 Å². The van der Waals surface area contributed by atoms with Crippen molar-refractivity contribution in [3.05, 3.63) is 59.7 Å². The van der Waals surface area contributed by atoms with Gasteiger partial charge >= 0.3 is 11.9 Å². The van der Waals surface area contributed by atoms with Crippen molar-refractivity contribution < 1.29 is 43.2 Å². The Morgan fingerprint density at radius 2 is 1.69 bits per heavy atom. The number of aromatic hydroxyl groups is 2. The zero-order valence-electron chi connectivity index (χ0n) is 21.5. The van der Waals surface area contributed by atoms with Gasteiger partial charge in [0, 0.05) is 16.7 Å². The highest BCUT2D eigenvalue weighted by Crippen LogP contribution is 2.42. The van der Waals surface area contributed by atoms with E-state index in [1.807, 2.05) is 0 Å². The van der Waals surface area contributed by atoms with Gasteiger partial charge in [0.2, 0.25) is 15.9 Å². The number of phenolic OH excluding ortho intramolecular Hbond substituents is 2. The summed E-state index contributed by atoms with van der Waals surface area (Å²) in [6.07, 6.45) is -1.38. The average Bonchev–Trinajstić information content (AvgIpc) is 3.32. The molecule has 0 aliphatic carbocycles. The van der Waals surface area contributed by atoms with Crippen LogP contribution in [0, 0.1) is 5.41 Å². The summed E-state index contributed by atoms with van der Waals surface area (Å²) in [5, 5.41) is 55.1. The predicted octanol–water partition coefficient (Wildman–Crippen LogP) is 0.826. The highest BCUT2D eigenvalue weighted by Gasteiger charge is 2.25. The standard InChI is InChI=1S/C26H24N6O9S/c27-24(28)12-1-3-17-18(8-12)32-25(31-17)16-6-11(7-21(34)30-19(26(38)39)10-22(35)36)5-15(23(16)37)14-9-13(42(29,40)41)2-4-20(14)33/h1-6,8-9,19,33,37H,7,10H2,(H3,27,28)(H,30,34)(H,31,32)(H,35,36)(H,38,39)(H2,29,40,41)/t19-/m0/s1. The number of nitrogens with zero attached hydrogens (tertiary/aromatic N) is 1. The Bertz CT molecular complexity index is 1880. The van der Waals surface area contributed by atoms with E-state index in [2.05, 4.69) is 15.3 Å². The summed E-state index contributed by atoms with van der Waals surface area (Å²) in [5.41, 5.74) is 6.71. The summed E-state index contributed by atoms with van der Waals surface area (Å²) < 4.78 is 23.9. The van der Waals surface area contributed by atoms with Crippen LogP contribution in [0.5, 0.6) is 11.5 Å². The summed E-state index contributed by atoms with van der Waals surface area (Å²) in [7, 11) is -4.22. The van der Waals surface area contributed by atoms with Crippen LogP contribution in [0.2, 0.25) is 0 Å². The fourth-order valence-corrected chi connectivity index (χ4v) is 4.74. The van der Waals surface area contributed by atoms with Gasteiger partial charge in [0.25, 0.3) is 0 Å². The third-order valence-corrected chi connectivity index (χ3v) is 7.09. The lowest BCUT2D eigenvalue weighted by atomic mass is 9.95. The lowest BCUT2D eigenvalue weighted by Crippen LogP contribution is -2.42. The van der Waals surface area contributed by atoms with Crippen molar-refractivity contribution in [1.29, 1.82) is 5.41 Å². The number of carbonyl (C=O) groups is 3. The number of carbonyl (C=O) groups excluding carboxylic acids is 1. The van der Waals surface area contributed by atoms with Gasteiger partial charge < -0.3 is 36.5 Å². The van der Waals surface area contributed by atoms with Crippen LogP contribution in [0.4, 0.5) is 0 Å². The van der Waals surface area contributed by atoms with Gasteiger partial charge in [-0.3, -0.25) is 15.0 Å². The fraction of sp³-hybridized carbons (Fsp3) is 0.115. The molecule has 0 unspecified atom stereocenters. The zero-order valence-corrected chi connectivity index (χ0v) is 22.3. The van der Waals surface area contributed by atoms with Crippen molar-refractivity contribution in [2.24, 2.45) is 10.9 Å². The largest absolute Gasteiger partial charge is 0.507 e. The van der Waals surface area contributed by atoms with E-state index < -0.39 is 58.3 Å². The SMILES string of the molecule is N=C(N)c1ccc2nc(-c3cc(CC(=O)N[C@@H](CC(=O)O)C(=O)O)cc(-c4cc(S(N)(=O)=O)ccc4O)c3O)[nH]c2c1.